The third-order valence-corrected chi connectivity index (χ3v) is 2.34. The summed E-state index contributed by atoms with van der Waals surface area (Å²) in [5.74, 6) is 2.40. The van der Waals surface area contributed by atoms with Gasteiger partial charge >= 0.3 is 0 Å². The second-order valence-electron chi connectivity index (χ2n) is 4.40. The topological polar surface area (TPSA) is 105 Å². The van der Waals surface area contributed by atoms with Crippen molar-refractivity contribution in [2.75, 3.05) is 6.54 Å². The van der Waals surface area contributed by atoms with E-state index >= 15 is 0 Å². The number of nitrogens with zero attached hydrogens (tertiary/aromatic N) is 3. The number of hydrogen-bond donors (Lipinski definition) is 3. The predicted molar refractivity (Wildman–Crippen MR) is 72.5 cm³/mol. The zero-order valence-corrected chi connectivity index (χ0v) is 11.1. The van der Waals surface area contributed by atoms with E-state index in [1.54, 1.807) is 12.3 Å². The molecule has 0 saturated carbocycles. The van der Waals surface area contributed by atoms with Gasteiger partial charge in [0.2, 0.25) is 5.82 Å². The van der Waals surface area contributed by atoms with Crippen molar-refractivity contribution in [2.45, 2.75) is 26.3 Å². The van der Waals surface area contributed by atoms with Crippen molar-refractivity contribution >= 4 is 5.96 Å². The first-order chi connectivity index (χ1) is 9.15. The Kier molecular flexibility index (Phi) is 4.17. The van der Waals surface area contributed by atoms with Crippen LogP contribution in [0, 0.1) is 0 Å². The molecule has 4 N–H and O–H groups in total. The SMILES string of the molecule is CC(C)NC(N)=NCCc1nc(-c2ccco2)n[nH]1. The van der Waals surface area contributed by atoms with E-state index in [1.165, 1.54) is 0 Å². The molecule has 2 aromatic heterocycles. The molecule has 0 aliphatic heterocycles. The van der Waals surface area contributed by atoms with Crippen LogP contribution in [0.15, 0.2) is 27.8 Å². The van der Waals surface area contributed by atoms with Crippen LogP contribution in [0.4, 0.5) is 0 Å². The van der Waals surface area contributed by atoms with Crippen LogP contribution in [0.25, 0.3) is 11.6 Å². The summed E-state index contributed by atoms with van der Waals surface area (Å²) >= 11 is 0. The highest BCUT2D eigenvalue weighted by Crippen LogP contribution is 2.14. The Morgan fingerprint density at radius 3 is 3.11 bits per heavy atom. The Morgan fingerprint density at radius 2 is 2.42 bits per heavy atom. The molecule has 19 heavy (non-hydrogen) atoms. The molecule has 0 spiro atoms. The van der Waals surface area contributed by atoms with Gasteiger partial charge in [0, 0.05) is 19.0 Å². The number of nitrogens with two attached hydrogens (primary N) is 1. The van der Waals surface area contributed by atoms with Gasteiger partial charge in [-0.3, -0.25) is 10.1 Å². The quantitative estimate of drug-likeness (QED) is 0.549. The van der Waals surface area contributed by atoms with Crippen molar-refractivity contribution in [1.29, 1.82) is 0 Å². The lowest BCUT2D eigenvalue weighted by Gasteiger charge is -2.07. The Bertz CT molecular complexity index is 528. The van der Waals surface area contributed by atoms with Gasteiger partial charge in [0.05, 0.1) is 6.26 Å². The maximum absolute atomic E-state index is 5.70. The minimum atomic E-state index is 0.277. The van der Waals surface area contributed by atoms with Gasteiger partial charge in [0.25, 0.3) is 0 Å². The van der Waals surface area contributed by atoms with Gasteiger partial charge in [-0.05, 0) is 26.0 Å². The molecule has 2 heterocycles. The fourth-order valence-corrected chi connectivity index (χ4v) is 1.55. The Hall–Kier alpha value is -2.31. The molecule has 102 valence electrons. The molecule has 2 aromatic rings. The lowest BCUT2D eigenvalue weighted by Crippen LogP contribution is -2.36. The van der Waals surface area contributed by atoms with Crippen molar-refractivity contribution in [3.05, 3.63) is 24.2 Å². The zero-order valence-electron chi connectivity index (χ0n) is 11.1. The third-order valence-electron chi connectivity index (χ3n) is 2.34. The summed E-state index contributed by atoms with van der Waals surface area (Å²) in [4.78, 5) is 8.52. The van der Waals surface area contributed by atoms with Crippen molar-refractivity contribution in [1.82, 2.24) is 20.5 Å². The van der Waals surface area contributed by atoms with Crippen molar-refractivity contribution in [2.24, 2.45) is 10.7 Å². The summed E-state index contributed by atoms with van der Waals surface area (Å²) in [5.41, 5.74) is 5.70. The molecule has 0 fully saturated rings. The summed E-state index contributed by atoms with van der Waals surface area (Å²) in [6, 6.07) is 3.89. The van der Waals surface area contributed by atoms with Crippen LogP contribution < -0.4 is 11.1 Å². The summed E-state index contributed by atoms with van der Waals surface area (Å²) in [7, 11) is 0. The summed E-state index contributed by atoms with van der Waals surface area (Å²) in [6.07, 6.45) is 2.24. The number of guanidine groups is 1. The molecule has 0 aromatic carbocycles. The number of rotatable bonds is 5. The first-order valence-electron chi connectivity index (χ1n) is 6.17. The first kappa shape index (κ1) is 13.1. The van der Waals surface area contributed by atoms with Gasteiger partial charge in [-0.1, -0.05) is 0 Å². The highest BCUT2D eigenvalue weighted by molar-refractivity contribution is 5.78. The highest BCUT2D eigenvalue weighted by atomic mass is 16.3. The van der Waals surface area contributed by atoms with Crippen molar-refractivity contribution in [3.8, 4) is 11.6 Å². The molecule has 0 saturated heterocycles. The monoisotopic (exact) mass is 262 g/mol. The van der Waals surface area contributed by atoms with Crippen LogP contribution in [0.1, 0.15) is 19.7 Å². The number of nitrogens with one attached hydrogen (secondary N) is 2. The maximum Gasteiger partial charge on any atom is 0.216 e. The smallest absolute Gasteiger partial charge is 0.216 e. The lowest BCUT2D eigenvalue weighted by molar-refractivity contribution is 0.577. The molecule has 2 rings (SSSR count). The summed E-state index contributed by atoms with van der Waals surface area (Å²) < 4.78 is 5.22. The molecular formula is C12H18N6O. The van der Waals surface area contributed by atoms with E-state index in [0.717, 1.165) is 5.82 Å². The number of H-pyrrole nitrogens is 1. The van der Waals surface area contributed by atoms with E-state index in [2.05, 4.69) is 25.5 Å². The second kappa shape index (κ2) is 6.03. The molecular weight excluding hydrogens is 244 g/mol. The van der Waals surface area contributed by atoms with Gasteiger partial charge in [-0.2, -0.15) is 5.10 Å². The van der Waals surface area contributed by atoms with Gasteiger partial charge in [-0.25, -0.2) is 4.98 Å². The highest BCUT2D eigenvalue weighted by Gasteiger charge is 2.07. The number of hydrogen-bond acceptors (Lipinski definition) is 4. The number of aromatic amines is 1. The Labute approximate surface area is 111 Å². The number of aromatic nitrogens is 3. The number of aliphatic imine (C=N–C) groups is 1. The molecule has 7 heteroatoms. The molecule has 0 unspecified atom stereocenters. The predicted octanol–water partition coefficient (Wildman–Crippen LogP) is 0.920. The zero-order chi connectivity index (χ0) is 13.7. The first-order valence-corrected chi connectivity index (χ1v) is 6.17. The lowest BCUT2D eigenvalue weighted by atomic mass is 10.4. The van der Waals surface area contributed by atoms with E-state index in [4.69, 9.17) is 10.2 Å². The van der Waals surface area contributed by atoms with E-state index in [-0.39, 0.29) is 6.04 Å². The van der Waals surface area contributed by atoms with Gasteiger partial charge < -0.3 is 15.5 Å². The van der Waals surface area contributed by atoms with Crippen LogP contribution in [0.5, 0.6) is 0 Å². The van der Waals surface area contributed by atoms with E-state index in [0.29, 0.717) is 30.5 Å². The van der Waals surface area contributed by atoms with E-state index in [9.17, 15) is 0 Å². The standard InChI is InChI=1S/C12H18N6O/c1-8(2)15-12(13)14-6-5-10-16-11(18-17-10)9-4-3-7-19-9/h3-4,7-8H,5-6H2,1-2H3,(H3,13,14,15)(H,16,17,18). The average molecular weight is 262 g/mol. The third kappa shape index (κ3) is 3.84. The molecule has 0 bridgehead atoms. The Balaban J connectivity index is 1.87. The summed E-state index contributed by atoms with van der Waals surface area (Å²) in [6.45, 7) is 4.57. The van der Waals surface area contributed by atoms with Crippen LogP contribution >= 0.6 is 0 Å². The minimum Gasteiger partial charge on any atom is -0.461 e. The van der Waals surface area contributed by atoms with E-state index in [1.807, 2.05) is 19.9 Å². The normalized spacial score (nSPS) is 12.1. The van der Waals surface area contributed by atoms with Crippen LogP contribution in [0.2, 0.25) is 0 Å². The largest absolute Gasteiger partial charge is 0.461 e. The summed E-state index contributed by atoms with van der Waals surface area (Å²) in [5, 5.41) is 9.96. The molecule has 0 amide bonds. The molecule has 0 aliphatic carbocycles. The van der Waals surface area contributed by atoms with E-state index < -0.39 is 0 Å². The van der Waals surface area contributed by atoms with Gasteiger partial charge in [0.15, 0.2) is 11.7 Å². The molecule has 0 atom stereocenters. The molecule has 0 radical (unpaired) electrons. The van der Waals surface area contributed by atoms with Crippen molar-refractivity contribution in [3.63, 3.8) is 0 Å². The second-order valence-corrected chi connectivity index (χ2v) is 4.40. The molecule has 0 aliphatic rings. The fraction of sp³-hybridized carbons (Fsp3) is 0.417. The van der Waals surface area contributed by atoms with Crippen LogP contribution in [-0.2, 0) is 6.42 Å². The fourth-order valence-electron chi connectivity index (χ4n) is 1.55. The van der Waals surface area contributed by atoms with Gasteiger partial charge in [-0.15, -0.1) is 0 Å². The maximum atomic E-state index is 5.70. The van der Waals surface area contributed by atoms with Gasteiger partial charge in [0.1, 0.15) is 5.82 Å². The Morgan fingerprint density at radius 1 is 1.58 bits per heavy atom. The minimum absolute atomic E-state index is 0.277. The van der Waals surface area contributed by atoms with Crippen LogP contribution in [0.3, 0.4) is 0 Å². The molecule has 7 nitrogen and oxygen atoms in total. The average Bonchev–Trinajstić information content (AvgIpc) is 2.97. The number of furan rings is 1. The van der Waals surface area contributed by atoms with Crippen molar-refractivity contribution < 1.29 is 4.42 Å². The van der Waals surface area contributed by atoms with Crippen LogP contribution in [-0.4, -0.2) is 33.7 Å².